The van der Waals surface area contributed by atoms with Crippen molar-refractivity contribution in [1.29, 1.82) is 0 Å². The lowest BCUT2D eigenvalue weighted by Crippen LogP contribution is -2.49. The Morgan fingerprint density at radius 2 is 1.56 bits per heavy atom. The summed E-state index contributed by atoms with van der Waals surface area (Å²) in [5, 5.41) is 11.1. The van der Waals surface area contributed by atoms with Gasteiger partial charge in [0.2, 0.25) is 0 Å². The average Bonchev–Trinajstić information content (AvgIpc) is 2.88. The molecule has 5 rings (SSSR count). The first-order chi connectivity index (χ1) is 15.7. The molecule has 0 bridgehead atoms. The summed E-state index contributed by atoms with van der Waals surface area (Å²) in [7, 11) is 0. The standard InChI is InChI=1S/C27H26N4O/c1-2-20-7-9-22(10-8-20)25-13-14-26(29-28-25)30-15-17-31(18-16-30)27(32)24-12-11-21-5-3-4-6-23(21)19-24/h3-14,19H,2,15-18H2,1H3. The third-order valence-corrected chi connectivity index (χ3v) is 6.20. The number of fused-ring (bicyclic) bond motifs is 1. The fraction of sp³-hybridized carbons (Fsp3) is 0.222. The van der Waals surface area contributed by atoms with Crippen molar-refractivity contribution in [3.63, 3.8) is 0 Å². The molecule has 4 aromatic rings. The van der Waals surface area contributed by atoms with E-state index in [1.807, 2.05) is 53.4 Å². The van der Waals surface area contributed by atoms with Gasteiger partial charge in [0.15, 0.2) is 5.82 Å². The van der Waals surface area contributed by atoms with Crippen LogP contribution in [0, 0.1) is 0 Å². The van der Waals surface area contributed by atoms with E-state index in [2.05, 4.69) is 52.4 Å². The minimum absolute atomic E-state index is 0.0901. The number of rotatable bonds is 4. The highest BCUT2D eigenvalue weighted by Gasteiger charge is 2.23. The third kappa shape index (κ3) is 4.06. The Morgan fingerprint density at radius 1 is 0.812 bits per heavy atom. The number of aryl methyl sites for hydroxylation is 1. The summed E-state index contributed by atoms with van der Waals surface area (Å²) in [4.78, 5) is 17.1. The van der Waals surface area contributed by atoms with E-state index in [0.29, 0.717) is 13.1 Å². The molecule has 1 fully saturated rings. The predicted molar refractivity (Wildman–Crippen MR) is 129 cm³/mol. The molecule has 5 nitrogen and oxygen atoms in total. The zero-order chi connectivity index (χ0) is 21.9. The fourth-order valence-corrected chi connectivity index (χ4v) is 4.20. The van der Waals surface area contributed by atoms with Gasteiger partial charge in [-0.2, -0.15) is 0 Å². The minimum Gasteiger partial charge on any atom is -0.352 e. The SMILES string of the molecule is CCc1ccc(-c2ccc(N3CCN(C(=O)c4ccc5ccccc5c4)CC3)nn2)cc1. The molecular weight excluding hydrogens is 396 g/mol. The van der Waals surface area contributed by atoms with Gasteiger partial charge >= 0.3 is 0 Å². The van der Waals surface area contributed by atoms with Crippen molar-refractivity contribution >= 4 is 22.5 Å². The minimum atomic E-state index is 0.0901. The lowest BCUT2D eigenvalue weighted by Gasteiger charge is -2.35. The molecule has 0 atom stereocenters. The normalized spacial score (nSPS) is 14.0. The summed E-state index contributed by atoms with van der Waals surface area (Å²) in [6.07, 6.45) is 1.03. The molecule has 3 aromatic carbocycles. The maximum atomic E-state index is 13.0. The Morgan fingerprint density at radius 3 is 2.25 bits per heavy atom. The monoisotopic (exact) mass is 422 g/mol. The molecule has 0 unspecified atom stereocenters. The van der Waals surface area contributed by atoms with Gasteiger partial charge < -0.3 is 9.80 Å². The van der Waals surface area contributed by atoms with Gasteiger partial charge in [0.05, 0.1) is 5.69 Å². The summed E-state index contributed by atoms with van der Waals surface area (Å²) < 4.78 is 0. The first-order valence-corrected chi connectivity index (χ1v) is 11.2. The summed E-state index contributed by atoms with van der Waals surface area (Å²) in [6.45, 7) is 5.00. The zero-order valence-electron chi connectivity index (χ0n) is 18.2. The van der Waals surface area contributed by atoms with Gasteiger partial charge in [-0.25, -0.2) is 0 Å². The number of anilines is 1. The number of carbonyl (C=O) groups is 1. The van der Waals surface area contributed by atoms with Crippen molar-refractivity contribution < 1.29 is 4.79 Å². The quantitative estimate of drug-likeness (QED) is 0.473. The van der Waals surface area contributed by atoms with E-state index in [9.17, 15) is 4.79 Å². The molecule has 5 heteroatoms. The van der Waals surface area contributed by atoms with Crippen LogP contribution in [0.1, 0.15) is 22.8 Å². The second-order valence-corrected chi connectivity index (χ2v) is 8.17. The maximum Gasteiger partial charge on any atom is 0.253 e. The molecule has 0 radical (unpaired) electrons. The van der Waals surface area contributed by atoms with Crippen LogP contribution in [-0.2, 0) is 6.42 Å². The highest BCUT2D eigenvalue weighted by atomic mass is 16.2. The Balaban J connectivity index is 1.23. The molecule has 1 aliphatic rings. The van der Waals surface area contributed by atoms with Crippen molar-refractivity contribution in [3.05, 3.63) is 90.0 Å². The number of benzene rings is 3. The van der Waals surface area contributed by atoms with E-state index in [-0.39, 0.29) is 5.91 Å². The lowest BCUT2D eigenvalue weighted by molar-refractivity contribution is 0.0746. The van der Waals surface area contributed by atoms with Gasteiger partial charge in [0.25, 0.3) is 5.91 Å². The van der Waals surface area contributed by atoms with Gasteiger partial charge in [-0.15, -0.1) is 10.2 Å². The number of hydrogen-bond acceptors (Lipinski definition) is 4. The van der Waals surface area contributed by atoms with E-state index < -0.39 is 0 Å². The Bertz CT molecular complexity index is 1230. The molecule has 2 heterocycles. The molecule has 32 heavy (non-hydrogen) atoms. The molecular formula is C27H26N4O. The number of piperazine rings is 1. The first kappa shape index (κ1) is 20.2. The van der Waals surface area contributed by atoms with E-state index >= 15 is 0 Å². The van der Waals surface area contributed by atoms with Crippen LogP contribution in [0.2, 0.25) is 0 Å². The fourth-order valence-electron chi connectivity index (χ4n) is 4.20. The lowest BCUT2D eigenvalue weighted by atomic mass is 10.1. The van der Waals surface area contributed by atoms with Crippen LogP contribution < -0.4 is 4.90 Å². The molecule has 160 valence electrons. The van der Waals surface area contributed by atoms with Crippen molar-refractivity contribution in [2.24, 2.45) is 0 Å². The molecule has 0 spiro atoms. The highest BCUT2D eigenvalue weighted by molar-refractivity contribution is 5.98. The summed E-state index contributed by atoms with van der Waals surface area (Å²) in [5.74, 6) is 0.948. The average molecular weight is 423 g/mol. The summed E-state index contributed by atoms with van der Waals surface area (Å²) in [5.41, 5.74) is 4.01. The molecule has 0 N–H and O–H groups in total. The molecule has 0 saturated carbocycles. The zero-order valence-corrected chi connectivity index (χ0v) is 18.2. The highest BCUT2D eigenvalue weighted by Crippen LogP contribution is 2.21. The van der Waals surface area contributed by atoms with Gasteiger partial charge in [-0.1, -0.05) is 61.5 Å². The number of amides is 1. The number of aromatic nitrogens is 2. The van der Waals surface area contributed by atoms with Crippen LogP contribution in [0.4, 0.5) is 5.82 Å². The molecule has 1 aromatic heterocycles. The number of carbonyl (C=O) groups excluding carboxylic acids is 1. The predicted octanol–water partition coefficient (Wildman–Crippen LogP) is 4.82. The van der Waals surface area contributed by atoms with E-state index in [0.717, 1.165) is 52.9 Å². The topological polar surface area (TPSA) is 49.3 Å². The largest absolute Gasteiger partial charge is 0.352 e. The van der Waals surface area contributed by atoms with Crippen LogP contribution in [0.3, 0.4) is 0 Å². The van der Waals surface area contributed by atoms with Crippen LogP contribution in [0.5, 0.6) is 0 Å². The van der Waals surface area contributed by atoms with Crippen molar-refractivity contribution in [3.8, 4) is 11.3 Å². The van der Waals surface area contributed by atoms with Crippen LogP contribution >= 0.6 is 0 Å². The van der Waals surface area contributed by atoms with Gasteiger partial charge in [-0.05, 0) is 47.0 Å². The van der Waals surface area contributed by atoms with Crippen molar-refractivity contribution in [2.75, 3.05) is 31.1 Å². The number of hydrogen-bond donors (Lipinski definition) is 0. The molecule has 0 aliphatic carbocycles. The van der Waals surface area contributed by atoms with Gasteiger partial charge in [-0.3, -0.25) is 4.79 Å². The summed E-state index contributed by atoms with van der Waals surface area (Å²) >= 11 is 0. The number of nitrogens with zero attached hydrogens (tertiary/aromatic N) is 4. The van der Waals surface area contributed by atoms with E-state index in [1.165, 1.54) is 5.56 Å². The Hall–Kier alpha value is -3.73. The van der Waals surface area contributed by atoms with Crippen LogP contribution in [0.15, 0.2) is 78.9 Å². The molecule has 1 saturated heterocycles. The Labute approximate surface area is 188 Å². The Kier molecular flexibility index (Phi) is 5.55. The smallest absolute Gasteiger partial charge is 0.253 e. The summed E-state index contributed by atoms with van der Waals surface area (Å²) in [6, 6.07) is 26.6. The molecule has 1 amide bonds. The molecule has 1 aliphatic heterocycles. The first-order valence-electron chi connectivity index (χ1n) is 11.2. The van der Waals surface area contributed by atoms with E-state index in [4.69, 9.17) is 0 Å². The van der Waals surface area contributed by atoms with Gasteiger partial charge in [0.1, 0.15) is 0 Å². The van der Waals surface area contributed by atoms with Crippen LogP contribution in [0.25, 0.3) is 22.0 Å². The van der Waals surface area contributed by atoms with Crippen molar-refractivity contribution in [1.82, 2.24) is 15.1 Å². The van der Waals surface area contributed by atoms with Crippen molar-refractivity contribution in [2.45, 2.75) is 13.3 Å². The third-order valence-electron chi connectivity index (χ3n) is 6.20. The van der Waals surface area contributed by atoms with Crippen LogP contribution in [-0.4, -0.2) is 47.2 Å². The second-order valence-electron chi connectivity index (χ2n) is 8.17. The second kappa shape index (κ2) is 8.79. The van der Waals surface area contributed by atoms with Gasteiger partial charge in [0, 0.05) is 37.3 Å². The maximum absolute atomic E-state index is 13.0. The van der Waals surface area contributed by atoms with E-state index in [1.54, 1.807) is 0 Å².